The second kappa shape index (κ2) is 4.76. The van der Waals surface area contributed by atoms with Gasteiger partial charge in [0, 0.05) is 10.9 Å². The number of piperazine rings is 1. The molecule has 0 saturated carbocycles. The molecule has 1 aliphatic rings. The summed E-state index contributed by atoms with van der Waals surface area (Å²) in [5.41, 5.74) is 0. The molecule has 1 aliphatic heterocycles. The largest absolute Gasteiger partial charge is 0.294 e. The van der Waals surface area contributed by atoms with Gasteiger partial charge in [-0.25, -0.2) is 0 Å². The fraction of sp³-hybridized carbons (Fsp3) is 0.455. The van der Waals surface area contributed by atoms with Crippen LogP contribution in [0.2, 0.25) is 0 Å². The zero-order chi connectivity index (χ0) is 11.5. The molecule has 2 heterocycles. The van der Waals surface area contributed by atoms with Gasteiger partial charge in [-0.2, -0.15) is 0 Å². The summed E-state index contributed by atoms with van der Waals surface area (Å²) in [6.45, 7) is 2.69. The lowest BCUT2D eigenvalue weighted by Crippen LogP contribution is -2.52. The minimum atomic E-state index is -0.203. The van der Waals surface area contributed by atoms with Gasteiger partial charge in [0.25, 0.3) is 0 Å². The van der Waals surface area contributed by atoms with Crippen molar-refractivity contribution in [2.45, 2.75) is 19.4 Å². The third-order valence-electron chi connectivity index (χ3n) is 2.67. The zero-order valence-electron chi connectivity index (χ0n) is 9.10. The van der Waals surface area contributed by atoms with E-state index in [2.05, 4.69) is 18.3 Å². The molecule has 16 heavy (non-hydrogen) atoms. The fourth-order valence-electron chi connectivity index (χ4n) is 2.00. The van der Waals surface area contributed by atoms with Gasteiger partial charge < -0.3 is 0 Å². The van der Waals surface area contributed by atoms with E-state index in [1.54, 1.807) is 11.3 Å². The number of nitrogens with one attached hydrogen (secondary N) is 1. The monoisotopic (exact) mass is 238 g/mol. The number of carbonyl (C=O) groups is 2. The van der Waals surface area contributed by atoms with Crippen molar-refractivity contribution in [2.75, 3.05) is 13.1 Å². The summed E-state index contributed by atoms with van der Waals surface area (Å²) in [4.78, 5) is 25.8. The number of nitrogens with zero attached hydrogens (tertiary/aromatic N) is 1. The molecule has 2 rings (SSSR count). The minimum Gasteiger partial charge on any atom is -0.294 e. The van der Waals surface area contributed by atoms with E-state index in [0.29, 0.717) is 13.1 Å². The summed E-state index contributed by atoms with van der Waals surface area (Å²) in [7, 11) is 0. The summed E-state index contributed by atoms with van der Waals surface area (Å²) in [5, 5.41) is 4.34. The Bertz CT molecular complexity index is 373. The van der Waals surface area contributed by atoms with Gasteiger partial charge in [-0.3, -0.25) is 19.8 Å². The number of hydrogen-bond acceptors (Lipinski definition) is 4. The van der Waals surface area contributed by atoms with Crippen LogP contribution in [0.4, 0.5) is 0 Å². The maximum atomic E-state index is 11.3. The Morgan fingerprint density at radius 2 is 2.12 bits per heavy atom. The van der Waals surface area contributed by atoms with Crippen LogP contribution in [0.1, 0.15) is 24.3 Å². The quantitative estimate of drug-likeness (QED) is 0.804. The number of carbonyl (C=O) groups excluding carboxylic acids is 2. The van der Waals surface area contributed by atoms with Gasteiger partial charge in [0.1, 0.15) is 0 Å². The van der Waals surface area contributed by atoms with Crippen molar-refractivity contribution < 1.29 is 9.59 Å². The van der Waals surface area contributed by atoms with Crippen LogP contribution in [-0.2, 0) is 9.59 Å². The highest BCUT2D eigenvalue weighted by Crippen LogP contribution is 2.28. The van der Waals surface area contributed by atoms with Crippen molar-refractivity contribution in [1.82, 2.24) is 10.2 Å². The molecule has 2 amide bonds. The van der Waals surface area contributed by atoms with Crippen LogP contribution >= 0.6 is 11.3 Å². The topological polar surface area (TPSA) is 49.4 Å². The van der Waals surface area contributed by atoms with E-state index in [0.717, 1.165) is 6.42 Å². The average Bonchev–Trinajstić information content (AvgIpc) is 2.70. The number of imide groups is 1. The molecule has 0 radical (unpaired) electrons. The molecule has 1 fully saturated rings. The van der Waals surface area contributed by atoms with E-state index in [1.165, 1.54) is 4.88 Å². The standard InChI is InChI=1S/C11H14N2O2S/c1-2-8(9-4-3-5-16-9)13-6-10(14)12-11(15)7-13/h3-5,8H,2,6-7H2,1H3,(H,12,14,15). The van der Waals surface area contributed by atoms with Crippen molar-refractivity contribution in [3.8, 4) is 0 Å². The van der Waals surface area contributed by atoms with Crippen molar-refractivity contribution >= 4 is 23.2 Å². The van der Waals surface area contributed by atoms with Gasteiger partial charge in [0.05, 0.1) is 13.1 Å². The Morgan fingerprint density at radius 1 is 1.44 bits per heavy atom. The van der Waals surface area contributed by atoms with Crippen molar-refractivity contribution in [1.29, 1.82) is 0 Å². The normalized spacial score (nSPS) is 19.6. The predicted molar refractivity (Wildman–Crippen MR) is 62.1 cm³/mol. The molecule has 4 nitrogen and oxygen atoms in total. The van der Waals surface area contributed by atoms with Gasteiger partial charge in [0.2, 0.25) is 11.8 Å². The molecule has 1 atom stereocenters. The van der Waals surface area contributed by atoms with Gasteiger partial charge in [-0.15, -0.1) is 11.3 Å². The Kier molecular flexibility index (Phi) is 3.36. The molecule has 1 unspecified atom stereocenters. The van der Waals surface area contributed by atoms with E-state index < -0.39 is 0 Å². The van der Waals surface area contributed by atoms with E-state index in [4.69, 9.17) is 0 Å². The first-order valence-corrected chi connectivity index (χ1v) is 6.18. The highest BCUT2D eigenvalue weighted by Gasteiger charge is 2.28. The van der Waals surface area contributed by atoms with E-state index >= 15 is 0 Å². The Hall–Kier alpha value is -1.20. The molecule has 1 aromatic heterocycles. The first-order chi connectivity index (χ1) is 7.70. The van der Waals surface area contributed by atoms with Crippen molar-refractivity contribution in [2.24, 2.45) is 0 Å². The van der Waals surface area contributed by atoms with Crippen LogP contribution in [0.5, 0.6) is 0 Å². The SMILES string of the molecule is CCC(c1cccs1)N1CC(=O)NC(=O)C1. The lowest BCUT2D eigenvalue weighted by Gasteiger charge is -2.32. The highest BCUT2D eigenvalue weighted by molar-refractivity contribution is 7.10. The first kappa shape index (κ1) is 11.3. The van der Waals surface area contributed by atoms with Crippen LogP contribution in [0.3, 0.4) is 0 Å². The van der Waals surface area contributed by atoms with Crippen molar-refractivity contribution in [3.05, 3.63) is 22.4 Å². The summed E-state index contributed by atoms with van der Waals surface area (Å²) in [5.74, 6) is -0.405. The van der Waals surface area contributed by atoms with E-state index in [1.807, 2.05) is 16.3 Å². The molecule has 1 N–H and O–H groups in total. The number of thiophene rings is 1. The molecule has 86 valence electrons. The summed E-state index contributed by atoms with van der Waals surface area (Å²) in [6.07, 6.45) is 0.904. The summed E-state index contributed by atoms with van der Waals surface area (Å²) < 4.78 is 0. The molecular weight excluding hydrogens is 224 g/mol. The molecule has 1 aromatic rings. The number of rotatable bonds is 3. The Morgan fingerprint density at radius 3 is 2.62 bits per heavy atom. The van der Waals surface area contributed by atoms with Gasteiger partial charge in [0.15, 0.2) is 0 Å². The smallest absolute Gasteiger partial charge is 0.240 e. The van der Waals surface area contributed by atoms with Crippen molar-refractivity contribution in [3.63, 3.8) is 0 Å². The van der Waals surface area contributed by atoms with Gasteiger partial charge >= 0.3 is 0 Å². The molecule has 0 aromatic carbocycles. The highest BCUT2D eigenvalue weighted by atomic mass is 32.1. The van der Waals surface area contributed by atoms with Crippen LogP contribution in [0.25, 0.3) is 0 Å². The zero-order valence-corrected chi connectivity index (χ0v) is 9.92. The van der Waals surface area contributed by atoms with Gasteiger partial charge in [-0.1, -0.05) is 13.0 Å². The molecule has 5 heteroatoms. The second-order valence-corrected chi connectivity index (χ2v) is 4.80. The maximum Gasteiger partial charge on any atom is 0.240 e. The number of amides is 2. The average molecular weight is 238 g/mol. The van der Waals surface area contributed by atoms with Crippen LogP contribution in [0.15, 0.2) is 17.5 Å². The van der Waals surface area contributed by atoms with E-state index in [-0.39, 0.29) is 17.9 Å². The van der Waals surface area contributed by atoms with Crippen LogP contribution in [0, 0.1) is 0 Å². The van der Waals surface area contributed by atoms with E-state index in [9.17, 15) is 9.59 Å². The third-order valence-corrected chi connectivity index (χ3v) is 3.64. The fourth-order valence-corrected chi connectivity index (χ4v) is 2.94. The third kappa shape index (κ3) is 2.31. The first-order valence-electron chi connectivity index (χ1n) is 5.31. The minimum absolute atomic E-state index is 0.176. The molecule has 1 saturated heterocycles. The van der Waals surface area contributed by atoms with Gasteiger partial charge in [-0.05, 0) is 17.9 Å². The predicted octanol–water partition coefficient (Wildman–Crippen LogP) is 1.16. The van der Waals surface area contributed by atoms with Crippen LogP contribution < -0.4 is 5.32 Å². The summed E-state index contributed by atoms with van der Waals surface area (Å²) in [6, 6.07) is 4.22. The lowest BCUT2D eigenvalue weighted by atomic mass is 10.1. The molecule has 0 bridgehead atoms. The Balaban J connectivity index is 2.15. The lowest BCUT2D eigenvalue weighted by molar-refractivity contribution is -0.137. The van der Waals surface area contributed by atoms with Crippen LogP contribution in [-0.4, -0.2) is 29.8 Å². The second-order valence-electron chi connectivity index (χ2n) is 3.82. The Labute approximate surface area is 98.3 Å². The molecule has 0 aliphatic carbocycles. The summed E-state index contributed by atoms with van der Waals surface area (Å²) >= 11 is 1.67. The molecule has 0 spiro atoms. The molecular formula is C11H14N2O2S. The number of hydrogen-bond donors (Lipinski definition) is 1. The maximum absolute atomic E-state index is 11.3.